The van der Waals surface area contributed by atoms with Crippen LogP contribution in [0, 0.1) is 0 Å². The van der Waals surface area contributed by atoms with E-state index in [1.165, 1.54) is 0 Å². The molecule has 0 saturated carbocycles. The third-order valence-corrected chi connectivity index (χ3v) is 1.89. The third-order valence-electron chi connectivity index (χ3n) is 1.89. The first-order valence-electron chi connectivity index (χ1n) is 5.93. The molecular formula is C12H25NO4. The number of rotatable bonds is 9. The molecule has 0 amide bonds. The first-order chi connectivity index (χ1) is 7.95. The molecule has 0 fully saturated rings. The van der Waals surface area contributed by atoms with Crippen molar-refractivity contribution in [1.82, 2.24) is 5.32 Å². The Morgan fingerprint density at radius 3 is 2.41 bits per heavy atom. The minimum atomic E-state index is -0.225. The predicted octanol–water partition coefficient (Wildman–Crippen LogP) is 0.971. The number of ether oxygens (including phenoxy) is 3. The van der Waals surface area contributed by atoms with E-state index in [0.29, 0.717) is 32.8 Å². The topological polar surface area (TPSA) is 56.8 Å². The summed E-state index contributed by atoms with van der Waals surface area (Å²) < 4.78 is 15.1. The Morgan fingerprint density at radius 2 is 1.82 bits per heavy atom. The molecular weight excluding hydrogens is 222 g/mol. The van der Waals surface area contributed by atoms with Crippen molar-refractivity contribution in [2.75, 3.05) is 40.1 Å². The second-order valence-electron chi connectivity index (χ2n) is 4.78. The highest BCUT2D eigenvalue weighted by Gasteiger charge is 2.11. The summed E-state index contributed by atoms with van der Waals surface area (Å²) in [6.45, 7) is 8.41. The SMILES string of the molecule is COCCOCCCOC(=O)CNC(C)(C)C. The molecule has 102 valence electrons. The molecule has 5 nitrogen and oxygen atoms in total. The lowest BCUT2D eigenvalue weighted by atomic mass is 10.1. The average Bonchev–Trinajstić information content (AvgIpc) is 2.24. The molecule has 0 spiro atoms. The Hall–Kier alpha value is -0.650. The second kappa shape index (κ2) is 9.39. The highest BCUT2D eigenvalue weighted by atomic mass is 16.5. The summed E-state index contributed by atoms with van der Waals surface area (Å²) in [5.74, 6) is -0.225. The number of hydrogen-bond donors (Lipinski definition) is 1. The summed E-state index contributed by atoms with van der Waals surface area (Å²) in [7, 11) is 1.63. The Bertz CT molecular complexity index is 201. The summed E-state index contributed by atoms with van der Waals surface area (Å²) in [6.07, 6.45) is 0.713. The fraction of sp³-hybridized carbons (Fsp3) is 0.917. The molecule has 0 aliphatic rings. The van der Waals surface area contributed by atoms with Gasteiger partial charge in [-0.3, -0.25) is 4.79 Å². The van der Waals surface area contributed by atoms with E-state index in [-0.39, 0.29) is 18.1 Å². The number of nitrogens with one attached hydrogen (secondary N) is 1. The number of hydrogen-bond acceptors (Lipinski definition) is 5. The van der Waals surface area contributed by atoms with Crippen LogP contribution in [-0.4, -0.2) is 51.6 Å². The van der Waals surface area contributed by atoms with Gasteiger partial charge in [-0.15, -0.1) is 0 Å². The monoisotopic (exact) mass is 247 g/mol. The summed E-state index contributed by atoms with van der Waals surface area (Å²) in [5, 5.41) is 3.07. The van der Waals surface area contributed by atoms with Gasteiger partial charge < -0.3 is 19.5 Å². The van der Waals surface area contributed by atoms with Gasteiger partial charge in [0, 0.05) is 25.7 Å². The summed E-state index contributed by atoms with van der Waals surface area (Å²) in [4.78, 5) is 11.3. The van der Waals surface area contributed by atoms with Crippen molar-refractivity contribution in [1.29, 1.82) is 0 Å². The highest BCUT2D eigenvalue weighted by molar-refractivity contribution is 5.71. The van der Waals surface area contributed by atoms with E-state index in [2.05, 4.69) is 5.32 Å². The summed E-state index contributed by atoms with van der Waals surface area (Å²) in [5.41, 5.74) is -0.0672. The molecule has 0 bridgehead atoms. The average molecular weight is 247 g/mol. The van der Waals surface area contributed by atoms with Gasteiger partial charge in [-0.25, -0.2) is 0 Å². The zero-order valence-electron chi connectivity index (χ0n) is 11.4. The van der Waals surface area contributed by atoms with Crippen molar-refractivity contribution in [3.63, 3.8) is 0 Å². The number of carbonyl (C=O) groups is 1. The molecule has 17 heavy (non-hydrogen) atoms. The fourth-order valence-corrected chi connectivity index (χ4v) is 0.980. The van der Waals surface area contributed by atoms with Crippen LogP contribution in [-0.2, 0) is 19.0 Å². The van der Waals surface area contributed by atoms with Gasteiger partial charge in [0.25, 0.3) is 0 Å². The van der Waals surface area contributed by atoms with Crippen LogP contribution in [0.1, 0.15) is 27.2 Å². The lowest BCUT2D eigenvalue weighted by molar-refractivity contribution is -0.143. The van der Waals surface area contributed by atoms with Crippen molar-refractivity contribution in [3.8, 4) is 0 Å². The zero-order chi connectivity index (χ0) is 13.1. The van der Waals surface area contributed by atoms with Crippen molar-refractivity contribution >= 4 is 5.97 Å². The molecule has 0 aliphatic heterocycles. The third kappa shape index (κ3) is 13.3. The molecule has 0 rings (SSSR count). The largest absolute Gasteiger partial charge is 0.465 e. The molecule has 0 saturated heterocycles. The molecule has 0 aliphatic carbocycles. The van der Waals surface area contributed by atoms with Crippen LogP contribution < -0.4 is 5.32 Å². The Kier molecular flexibility index (Phi) is 9.03. The maximum Gasteiger partial charge on any atom is 0.319 e. The van der Waals surface area contributed by atoms with Gasteiger partial charge in [0.1, 0.15) is 0 Å². The van der Waals surface area contributed by atoms with E-state index < -0.39 is 0 Å². The second-order valence-corrected chi connectivity index (χ2v) is 4.78. The van der Waals surface area contributed by atoms with Crippen LogP contribution in [0.4, 0.5) is 0 Å². The van der Waals surface area contributed by atoms with E-state index in [0.717, 1.165) is 0 Å². The van der Waals surface area contributed by atoms with E-state index in [9.17, 15) is 4.79 Å². The number of carbonyl (C=O) groups excluding carboxylic acids is 1. The van der Waals surface area contributed by atoms with E-state index in [1.807, 2.05) is 20.8 Å². The van der Waals surface area contributed by atoms with E-state index >= 15 is 0 Å². The smallest absolute Gasteiger partial charge is 0.319 e. The van der Waals surface area contributed by atoms with Crippen LogP contribution in [0.25, 0.3) is 0 Å². The molecule has 0 radical (unpaired) electrons. The van der Waals surface area contributed by atoms with E-state index in [1.54, 1.807) is 7.11 Å². The predicted molar refractivity (Wildman–Crippen MR) is 66.0 cm³/mol. The molecule has 0 aromatic heterocycles. The normalized spacial score (nSPS) is 11.5. The number of methoxy groups -OCH3 is 1. The van der Waals surface area contributed by atoms with Crippen LogP contribution >= 0.6 is 0 Å². The number of esters is 1. The molecule has 1 N–H and O–H groups in total. The Labute approximate surface area is 104 Å². The fourth-order valence-electron chi connectivity index (χ4n) is 0.980. The zero-order valence-corrected chi connectivity index (χ0v) is 11.4. The quantitative estimate of drug-likeness (QED) is 0.486. The maximum absolute atomic E-state index is 11.3. The molecule has 0 aromatic rings. The van der Waals surface area contributed by atoms with Crippen molar-refractivity contribution in [2.24, 2.45) is 0 Å². The van der Waals surface area contributed by atoms with Gasteiger partial charge in [-0.05, 0) is 20.8 Å². The lowest BCUT2D eigenvalue weighted by Gasteiger charge is -2.19. The lowest BCUT2D eigenvalue weighted by Crippen LogP contribution is -2.40. The van der Waals surface area contributed by atoms with Crippen molar-refractivity contribution < 1.29 is 19.0 Å². The van der Waals surface area contributed by atoms with Gasteiger partial charge in [-0.1, -0.05) is 0 Å². The first-order valence-corrected chi connectivity index (χ1v) is 5.93. The summed E-state index contributed by atoms with van der Waals surface area (Å²) in [6, 6.07) is 0. The van der Waals surface area contributed by atoms with Crippen LogP contribution in [0.5, 0.6) is 0 Å². The van der Waals surface area contributed by atoms with Crippen LogP contribution in [0.2, 0.25) is 0 Å². The minimum absolute atomic E-state index is 0.0672. The Balaban J connectivity index is 3.28. The first kappa shape index (κ1) is 16.4. The van der Waals surface area contributed by atoms with Crippen molar-refractivity contribution in [2.45, 2.75) is 32.7 Å². The standard InChI is InChI=1S/C12H25NO4/c1-12(2,3)13-10-11(14)17-7-5-6-16-9-8-15-4/h13H,5-10H2,1-4H3. The molecule has 0 heterocycles. The van der Waals surface area contributed by atoms with E-state index in [4.69, 9.17) is 14.2 Å². The van der Waals surface area contributed by atoms with Crippen LogP contribution in [0.3, 0.4) is 0 Å². The van der Waals surface area contributed by atoms with Crippen LogP contribution in [0.15, 0.2) is 0 Å². The maximum atomic E-state index is 11.3. The van der Waals surface area contributed by atoms with Crippen molar-refractivity contribution in [3.05, 3.63) is 0 Å². The van der Waals surface area contributed by atoms with Gasteiger partial charge in [0.2, 0.25) is 0 Å². The molecule has 5 heteroatoms. The van der Waals surface area contributed by atoms with Gasteiger partial charge in [0.05, 0.1) is 26.4 Å². The molecule has 0 unspecified atom stereocenters. The van der Waals surface area contributed by atoms with Gasteiger partial charge in [0.15, 0.2) is 0 Å². The molecule has 0 atom stereocenters. The van der Waals surface area contributed by atoms with Gasteiger partial charge in [-0.2, -0.15) is 0 Å². The molecule has 0 aromatic carbocycles. The minimum Gasteiger partial charge on any atom is -0.465 e. The van der Waals surface area contributed by atoms with Gasteiger partial charge >= 0.3 is 5.97 Å². The Morgan fingerprint density at radius 1 is 1.12 bits per heavy atom. The highest BCUT2D eigenvalue weighted by Crippen LogP contribution is 1.97. The summed E-state index contributed by atoms with van der Waals surface area (Å²) >= 11 is 0.